The van der Waals surface area contributed by atoms with Gasteiger partial charge < -0.3 is 19.9 Å². The Morgan fingerprint density at radius 3 is 2.56 bits per heavy atom. The third kappa shape index (κ3) is 4.81. The molecule has 1 fully saturated rings. The first-order valence-corrected chi connectivity index (χ1v) is 8.44. The van der Waals surface area contributed by atoms with Gasteiger partial charge in [0.25, 0.3) is 5.91 Å². The van der Waals surface area contributed by atoms with Gasteiger partial charge in [-0.1, -0.05) is 6.07 Å². The van der Waals surface area contributed by atoms with E-state index in [1.165, 1.54) is 49.0 Å². The Hall–Kier alpha value is -2.97. The van der Waals surface area contributed by atoms with Crippen LogP contribution in [0.4, 0.5) is 4.39 Å². The van der Waals surface area contributed by atoms with Crippen molar-refractivity contribution in [2.45, 2.75) is 25.9 Å². The van der Waals surface area contributed by atoms with E-state index in [-0.39, 0.29) is 31.1 Å². The van der Waals surface area contributed by atoms with Crippen molar-refractivity contribution < 1.29 is 28.3 Å². The fraction of sp³-hybridized carbons (Fsp3) is 0.444. The maximum absolute atomic E-state index is 13.4. The fourth-order valence-corrected chi connectivity index (χ4v) is 2.92. The number of hydrogen-bond acceptors (Lipinski definition) is 5. The Morgan fingerprint density at radius 2 is 1.96 bits per heavy atom. The SMILES string of the molecule is COC(=O)[C@@H](C)NC(=O)[C@H]1CN(C(=O)c2cccc(F)c2)CCN1C(C)=O. The highest BCUT2D eigenvalue weighted by Crippen LogP contribution is 2.15. The molecule has 0 aliphatic carbocycles. The predicted molar refractivity (Wildman–Crippen MR) is 93.1 cm³/mol. The number of rotatable bonds is 4. The topological polar surface area (TPSA) is 96.0 Å². The summed E-state index contributed by atoms with van der Waals surface area (Å²) in [5.74, 6) is -2.49. The van der Waals surface area contributed by atoms with Crippen LogP contribution in [-0.4, -0.2) is 72.3 Å². The fourth-order valence-electron chi connectivity index (χ4n) is 2.92. The molecular weight excluding hydrogens is 357 g/mol. The average molecular weight is 379 g/mol. The molecule has 1 N–H and O–H groups in total. The summed E-state index contributed by atoms with van der Waals surface area (Å²) in [6.07, 6.45) is 0. The minimum Gasteiger partial charge on any atom is -0.467 e. The average Bonchev–Trinajstić information content (AvgIpc) is 2.65. The number of hydrogen-bond donors (Lipinski definition) is 1. The van der Waals surface area contributed by atoms with Crippen molar-refractivity contribution in [2.75, 3.05) is 26.7 Å². The van der Waals surface area contributed by atoms with Crippen LogP contribution in [0.1, 0.15) is 24.2 Å². The molecule has 0 radical (unpaired) electrons. The number of carbonyl (C=O) groups is 4. The molecule has 1 aromatic rings. The largest absolute Gasteiger partial charge is 0.467 e. The van der Waals surface area contributed by atoms with Gasteiger partial charge in [0, 0.05) is 25.6 Å². The number of halogens is 1. The summed E-state index contributed by atoms with van der Waals surface area (Å²) in [6.45, 7) is 3.09. The Morgan fingerprint density at radius 1 is 1.26 bits per heavy atom. The minimum absolute atomic E-state index is 0.0609. The quantitative estimate of drug-likeness (QED) is 0.753. The lowest BCUT2D eigenvalue weighted by Crippen LogP contribution is -2.62. The zero-order valence-electron chi connectivity index (χ0n) is 15.4. The van der Waals surface area contributed by atoms with E-state index in [1.54, 1.807) is 0 Å². The van der Waals surface area contributed by atoms with Crippen molar-refractivity contribution >= 4 is 23.7 Å². The van der Waals surface area contributed by atoms with Crippen LogP contribution >= 0.6 is 0 Å². The van der Waals surface area contributed by atoms with Crippen molar-refractivity contribution in [1.29, 1.82) is 0 Å². The molecule has 1 saturated heterocycles. The van der Waals surface area contributed by atoms with Gasteiger partial charge in [-0.15, -0.1) is 0 Å². The van der Waals surface area contributed by atoms with Crippen molar-refractivity contribution in [3.63, 3.8) is 0 Å². The lowest BCUT2D eigenvalue weighted by Gasteiger charge is -2.40. The highest BCUT2D eigenvalue weighted by atomic mass is 19.1. The van der Waals surface area contributed by atoms with Crippen LogP contribution in [0.15, 0.2) is 24.3 Å². The highest BCUT2D eigenvalue weighted by molar-refractivity contribution is 5.96. The monoisotopic (exact) mass is 379 g/mol. The van der Waals surface area contributed by atoms with E-state index in [2.05, 4.69) is 10.1 Å². The molecule has 0 unspecified atom stereocenters. The first-order valence-electron chi connectivity index (χ1n) is 8.44. The molecule has 1 aliphatic heterocycles. The molecule has 1 heterocycles. The zero-order valence-corrected chi connectivity index (χ0v) is 15.4. The molecule has 8 nitrogen and oxygen atoms in total. The van der Waals surface area contributed by atoms with Crippen LogP contribution in [0.25, 0.3) is 0 Å². The second kappa shape index (κ2) is 8.61. The molecule has 0 spiro atoms. The number of ether oxygens (including phenoxy) is 1. The van der Waals surface area contributed by atoms with Gasteiger partial charge >= 0.3 is 5.97 Å². The number of nitrogens with zero attached hydrogens (tertiary/aromatic N) is 2. The Bertz CT molecular complexity index is 754. The molecule has 0 aromatic heterocycles. The molecule has 3 amide bonds. The normalized spacial score (nSPS) is 17.9. The van der Waals surface area contributed by atoms with Gasteiger partial charge in [0.1, 0.15) is 17.9 Å². The number of methoxy groups -OCH3 is 1. The van der Waals surface area contributed by atoms with Crippen LogP contribution in [0, 0.1) is 5.82 Å². The predicted octanol–water partition coefficient (Wildman–Crippen LogP) is 0.176. The van der Waals surface area contributed by atoms with E-state index < -0.39 is 35.7 Å². The first-order chi connectivity index (χ1) is 12.7. The second-order valence-corrected chi connectivity index (χ2v) is 6.24. The lowest BCUT2D eigenvalue weighted by atomic mass is 10.1. The van der Waals surface area contributed by atoms with E-state index >= 15 is 0 Å². The second-order valence-electron chi connectivity index (χ2n) is 6.24. The molecule has 0 bridgehead atoms. The number of esters is 1. The summed E-state index contributed by atoms with van der Waals surface area (Å²) in [5, 5.41) is 2.49. The van der Waals surface area contributed by atoms with Crippen LogP contribution < -0.4 is 5.32 Å². The number of piperazine rings is 1. The van der Waals surface area contributed by atoms with Gasteiger partial charge in [-0.3, -0.25) is 14.4 Å². The van der Waals surface area contributed by atoms with Crippen molar-refractivity contribution in [2.24, 2.45) is 0 Å². The molecule has 1 aliphatic rings. The van der Waals surface area contributed by atoms with Gasteiger partial charge in [0.15, 0.2) is 0 Å². The molecule has 9 heteroatoms. The summed E-state index contributed by atoms with van der Waals surface area (Å²) in [5.41, 5.74) is 0.161. The Kier molecular flexibility index (Phi) is 6.49. The van der Waals surface area contributed by atoms with Gasteiger partial charge in [-0.05, 0) is 25.1 Å². The maximum atomic E-state index is 13.4. The number of nitrogens with one attached hydrogen (secondary N) is 1. The number of benzene rings is 1. The third-order valence-corrected chi connectivity index (χ3v) is 4.36. The van der Waals surface area contributed by atoms with E-state index in [0.717, 1.165) is 6.07 Å². The highest BCUT2D eigenvalue weighted by Gasteiger charge is 2.37. The summed E-state index contributed by atoms with van der Waals surface area (Å²) in [4.78, 5) is 51.3. The molecule has 2 atom stereocenters. The van der Waals surface area contributed by atoms with Crippen LogP contribution in [0.3, 0.4) is 0 Å². The summed E-state index contributed by atoms with van der Waals surface area (Å²) >= 11 is 0. The molecule has 146 valence electrons. The molecular formula is C18H22FN3O5. The zero-order chi connectivity index (χ0) is 20.1. The molecule has 1 aromatic carbocycles. The van der Waals surface area contributed by atoms with Crippen molar-refractivity contribution in [1.82, 2.24) is 15.1 Å². The molecule has 27 heavy (non-hydrogen) atoms. The number of carbonyl (C=O) groups excluding carboxylic acids is 4. The van der Waals surface area contributed by atoms with Crippen LogP contribution in [0.2, 0.25) is 0 Å². The molecule has 2 rings (SSSR count). The van der Waals surface area contributed by atoms with Crippen LogP contribution in [-0.2, 0) is 19.1 Å². The van der Waals surface area contributed by atoms with E-state index in [1.807, 2.05) is 0 Å². The van der Waals surface area contributed by atoms with E-state index in [4.69, 9.17) is 0 Å². The first kappa shape index (κ1) is 20.3. The number of amides is 3. The van der Waals surface area contributed by atoms with Gasteiger partial charge in [0.05, 0.1) is 13.7 Å². The molecule has 0 saturated carbocycles. The Labute approximate surface area is 156 Å². The van der Waals surface area contributed by atoms with Gasteiger partial charge in [-0.2, -0.15) is 0 Å². The standard InChI is InChI=1S/C18H22FN3O5/c1-11(18(26)27-3)20-16(24)15-10-21(7-8-22(15)12(2)23)17(25)13-5-4-6-14(19)9-13/h4-6,9,11,15H,7-8,10H2,1-3H3,(H,20,24)/t11-,15-/m1/s1. The van der Waals surface area contributed by atoms with E-state index in [0.29, 0.717) is 0 Å². The minimum atomic E-state index is -0.958. The Balaban J connectivity index is 2.17. The van der Waals surface area contributed by atoms with Crippen LogP contribution in [0.5, 0.6) is 0 Å². The summed E-state index contributed by atoms with van der Waals surface area (Å²) in [6, 6.07) is 3.41. The van der Waals surface area contributed by atoms with Crippen molar-refractivity contribution in [3.8, 4) is 0 Å². The summed E-state index contributed by atoms with van der Waals surface area (Å²) in [7, 11) is 1.20. The third-order valence-electron chi connectivity index (χ3n) is 4.36. The van der Waals surface area contributed by atoms with E-state index in [9.17, 15) is 23.6 Å². The van der Waals surface area contributed by atoms with Gasteiger partial charge in [0.2, 0.25) is 11.8 Å². The van der Waals surface area contributed by atoms with Gasteiger partial charge in [-0.25, -0.2) is 9.18 Å². The maximum Gasteiger partial charge on any atom is 0.328 e. The lowest BCUT2D eigenvalue weighted by molar-refractivity contribution is -0.147. The smallest absolute Gasteiger partial charge is 0.328 e. The van der Waals surface area contributed by atoms with Crippen molar-refractivity contribution in [3.05, 3.63) is 35.6 Å². The summed E-state index contributed by atoms with van der Waals surface area (Å²) < 4.78 is 18.0.